The number of sulfone groups is 1. The molecule has 0 saturated carbocycles. The van der Waals surface area contributed by atoms with Crippen molar-refractivity contribution in [3.05, 3.63) is 0 Å². The fraction of sp³-hybridized carbons (Fsp3) is 1.00. The van der Waals surface area contributed by atoms with E-state index in [4.69, 9.17) is 0 Å². The lowest BCUT2D eigenvalue weighted by molar-refractivity contribution is 0.398. The van der Waals surface area contributed by atoms with E-state index in [1.54, 1.807) is 0 Å². The van der Waals surface area contributed by atoms with E-state index in [-0.39, 0.29) is 0 Å². The Morgan fingerprint density at radius 3 is 2.43 bits per heavy atom. The third-order valence-corrected chi connectivity index (χ3v) is 4.51. The van der Waals surface area contributed by atoms with Gasteiger partial charge in [-0.05, 0) is 26.2 Å². The van der Waals surface area contributed by atoms with Gasteiger partial charge in [0.15, 0.2) is 0 Å². The van der Waals surface area contributed by atoms with Crippen LogP contribution in [0.4, 0.5) is 0 Å². The summed E-state index contributed by atoms with van der Waals surface area (Å²) in [6.07, 6.45) is 3.93. The molecule has 1 rings (SSSR count). The van der Waals surface area contributed by atoms with Crippen molar-refractivity contribution in [3.8, 4) is 0 Å². The lowest BCUT2D eigenvalue weighted by Crippen LogP contribution is -2.41. The summed E-state index contributed by atoms with van der Waals surface area (Å²) in [5.41, 5.74) is 0. The molecule has 0 radical (unpaired) electrons. The summed E-state index contributed by atoms with van der Waals surface area (Å²) in [7, 11) is -2.70. The van der Waals surface area contributed by atoms with Gasteiger partial charge in [-0.25, -0.2) is 8.42 Å². The molecule has 1 atom stereocenters. The molecule has 1 N–H and O–H groups in total. The molecule has 3 nitrogen and oxygen atoms in total. The summed E-state index contributed by atoms with van der Waals surface area (Å²) in [5.74, 6) is 0.729. The van der Waals surface area contributed by atoms with E-state index in [1.807, 2.05) is 0 Å². The predicted octanol–water partition coefficient (Wildman–Crippen LogP) is 1.34. The Hall–Kier alpha value is -0.0900. The van der Waals surface area contributed by atoms with Gasteiger partial charge in [-0.1, -0.05) is 13.3 Å². The number of rotatable bonds is 4. The normalized spacial score (nSPS) is 24.7. The molecule has 1 fully saturated rings. The standard InChI is InChI=1S/C10H21NO2S/c1-3-4-9(2)11-10-5-7-14(12,13)8-6-10/h9-11H,3-8H2,1-2H3. The first-order valence-electron chi connectivity index (χ1n) is 5.50. The van der Waals surface area contributed by atoms with Crippen LogP contribution < -0.4 is 5.32 Å². The molecule has 0 aromatic carbocycles. The first-order chi connectivity index (χ1) is 6.53. The van der Waals surface area contributed by atoms with Crippen molar-refractivity contribution < 1.29 is 8.42 Å². The lowest BCUT2D eigenvalue weighted by Gasteiger charge is -2.26. The average Bonchev–Trinajstić information content (AvgIpc) is 2.09. The largest absolute Gasteiger partial charge is 0.311 e. The SMILES string of the molecule is CCCC(C)NC1CCS(=O)(=O)CC1. The molecule has 0 aliphatic carbocycles. The van der Waals surface area contributed by atoms with Crippen LogP contribution in [0.1, 0.15) is 39.5 Å². The van der Waals surface area contributed by atoms with Crippen LogP contribution >= 0.6 is 0 Å². The van der Waals surface area contributed by atoms with Gasteiger partial charge in [0.2, 0.25) is 0 Å². The topological polar surface area (TPSA) is 46.2 Å². The second-order valence-corrected chi connectivity index (χ2v) is 6.59. The highest BCUT2D eigenvalue weighted by molar-refractivity contribution is 7.91. The third-order valence-electron chi connectivity index (χ3n) is 2.80. The summed E-state index contributed by atoms with van der Waals surface area (Å²) in [6.45, 7) is 4.34. The highest BCUT2D eigenvalue weighted by Crippen LogP contribution is 2.13. The number of nitrogens with one attached hydrogen (secondary N) is 1. The molecular formula is C10H21NO2S. The summed E-state index contributed by atoms with van der Waals surface area (Å²) in [6, 6.07) is 0.936. The fourth-order valence-corrected chi connectivity index (χ4v) is 3.47. The van der Waals surface area contributed by atoms with Gasteiger partial charge in [0.25, 0.3) is 0 Å². The second-order valence-electron chi connectivity index (χ2n) is 4.28. The Labute approximate surface area is 87.2 Å². The van der Waals surface area contributed by atoms with Crippen molar-refractivity contribution in [1.82, 2.24) is 5.32 Å². The maximum atomic E-state index is 11.2. The van der Waals surface area contributed by atoms with E-state index in [0.29, 0.717) is 23.6 Å². The lowest BCUT2D eigenvalue weighted by atomic mass is 10.1. The molecule has 0 amide bonds. The van der Waals surface area contributed by atoms with Crippen molar-refractivity contribution >= 4 is 9.84 Å². The van der Waals surface area contributed by atoms with E-state index < -0.39 is 9.84 Å². The zero-order valence-corrected chi connectivity index (χ0v) is 9.94. The van der Waals surface area contributed by atoms with Crippen LogP contribution in [0.15, 0.2) is 0 Å². The molecule has 4 heteroatoms. The minimum absolute atomic E-state index is 0.365. The summed E-state index contributed by atoms with van der Waals surface area (Å²) < 4.78 is 22.4. The van der Waals surface area contributed by atoms with E-state index in [1.165, 1.54) is 12.8 Å². The Morgan fingerprint density at radius 1 is 1.36 bits per heavy atom. The smallest absolute Gasteiger partial charge is 0.150 e. The number of hydrogen-bond acceptors (Lipinski definition) is 3. The summed E-state index contributed by atoms with van der Waals surface area (Å²) in [4.78, 5) is 0. The Balaban J connectivity index is 2.29. The molecule has 0 spiro atoms. The van der Waals surface area contributed by atoms with Crippen LogP contribution in [0.25, 0.3) is 0 Å². The van der Waals surface area contributed by atoms with Crippen LogP contribution in [-0.2, 0) is 9.84 Å². The molecule has 0 aromatic heterocycles. The average molecular weight is 219 g/mol. The van der Waals surface area contributed by atoms with Crippen LogP contribution in [0.5, 0.6) is 0 Å². The maximum absolute atomic E-state index is 11.2. The molecular weight excluding hydrogens is 198 g/mol. The van der Waals surface area contributed by atoms with Crippen molar-refractivity contribution in [3.63, 3.8) is 0 Å². The Kier molecular flexibility index (Phi) is 4.38. The molecule has 0 aromatic rings. The van der Waals surface area contributed by atoms with Crippen molar-refractivity contribution in [2.24, 2.45) is 0 Å². The zero-order valence-electron chi connectivity index (χ0n) is 9.12. The zero-order chi connectivity index (χ0) is 10.6. The van der Waals surface area contributed by atoms with E-state index in [0.717, 1.165) is 12.8 Å². The summed E-state index contributed by atoms with van der Waals surface area (Å²) in [5, 5.41) is 3.49. The van der Waals surface area contributed by atoms with E-state index in [2.05, 4.69) is 19.2 Å². The Morgan fingerprint density at radius 2 is 1.93 bits per heavy atom. The second kappa shape index (κ2) is 5.12. The van der Waals surface area contributed by atoms with E-state index in [9.17, 15) is 8.42 Å². The van der Waals surface area contributed by atoms with Crippen LogP contribution in [0, 0.1) is 0 Å². The monoisotopic (exact) mass is 219 g/mol. The molecule has 1 aliphatic heterocycles. The molecule has 84 valence electrons. The molecule has 1 heterocycles. The van der Waals surface area contributed by atoms with E-state index >= 15 is 0 Å². The van der Waals surface area contributed by atoms with Gasteiger partial charge >= 0.3 is 0 Å². The van der Waals surface area contributed by atoms with Gasteiger partial charge in [-0.3, -0.25) is 0 Å². The van der Waals surface area contributed by atoms with Crippen LogP contribution in [0.2, 0.25) is 0 Å². The summed E-state index contributed by atoms with van der Waals surface area (Å²) >= 11 is 0. The van der Waals surface area contributed by atoms with Crippen molar-refractivity contribution in [2.75, 3.05) is 11.5 Å². The first kappa shape index (κ1) is 12.0. The fourth-order valence-electron chi connectivity index (χ4n) is 1.98. The van der Waals surface area contributed by atoms with Gasteiger partial charge in [0.1, 0.15) is 9.84 Å². The van der Waals surface area contributed by atoms with Gasteiger partial charge in [-0.15, -0.1) is 0 Å². The van der Waals surface area contributed by atoms with Crippen molar-refractivity contribution in [2.45, 2.75) is 51.6 Å². The minimum Gasteiger partial charge on any atom is -0.311 e. The molecule has 1 saturated heterocycles. The number of hydrogen-bond donors (Lipinski definition) is 1. The molecule has 1 aliphatic rings. The quantitative estimate of drug-likeness (QED) is 0.776. The van der Waals surface area contributed by atoms with Crippen molar-refractivity contribution in [1.29, 1.82) is 0 Å². The minimum atomic E-state index is -2.70. The van der Waals surface area contributed by atoms with Gasteiger partial charge < -0.3 is 5.32 Å². The molecule has 14 heavy (non-hydrogen) atoms. The van der Waals surface area contributed by atoms with Gasteiger partial charge in [-0.2, -0.15) is 0 Å². The third kappa shape index (κ3) is 3.96. The maximum Gasteiger partial charge on any atom is 0.150 e. The van der Waals surface area contributed by atoms with Crippen LogP contribution in [-0.4, -0.2) is 32.0 Å². The highest BCUT2D eigenvalue weighted by atomic mass is 32.2. The van der Waals surface area contributed by atoms with Crippen LogP contribution in [0.3, 0.4) is 0 Å². The molecule has 1 unspecified atom stereocenters. The van der Waals surface area contributed by atoms with Gasteiger partial charge in [0.05, 0.1) is 11.5 Å². The predicted molar refractivity (Wildman–Crippen MR) is 59.2 cm³/mol. The first-order valence-corrected chi connectivity index (χ1v) is 7.32. The molecule has 0 bridgehead atoms. The van der Waals surface area contributed by atoms with Gasteiger partial charge in [0, 0.05) is 12.1 Å². The Bertz CT molecular complexity index is 247. The highest BCUT2D eigenvalue weighted by Gasteiger charge is 2.23.